The lowest BCUT2D eigenvalue weighted by Gasteiger charge is -1.87. The third kappa shape index (κ3) is 1.51. The summed E-state index contributed by atoms with van der Waals surface area (Å²) in [6, 6.07) is 8.17. The van der Waals surface area contributed by atoms with Crippen molar-refractivity contribution in [3.05, 3.63) is 35.3 Å². The van der Waals surface area contributed by atoms with Gasteiger partial charge in [0, 0.05) is 11.1 Å². The van der Waals surface area contributed by atoms with E-state index in [9.17, 15) is 0 Å². The second kappa shape index (κ2) is 3.72. The number of rotatable bonds is 2. The van der Waals surface area contributed by atoms with Gasteiger partial charge in [-0.25, -0.2) is 9.97 Å². The van der Waals surface area contributed by atoms with Crippen LogP contribution in [0.1, 0.15) is 11.8 Å². The molecule has 80 valence electrons. The molecule has 0 aromatic carbocycles. The Hall–Kier alpha value is -1.68. The van der Waals surface area contributed by atoms with Crippen LogP contribution in [0.15, 0.2) is 30.5 Å². The van der Waals surface area contributed by atoms with Gasteiger partial charge in [-0.3, -0.25) is 0 Å². The summed E-state index contributed by atoms with van der Waals surface area (Å²) in [6.07, 6.45) is 2.84. The molecule has 0 saturated carbocycles. The van der Waals surface area contributed by atoms with Gasteiger partial charge in [0.1, 0.15) is 0 Å². The van der Waals surface area contributed by atoms with E-state index in [1.165, 1.54) is 9.75 Å². The minimum atomic E-state index is 0.781. The summed E-state index contributed by atoms with van der Waals surface area (Å²) in [5.74, 6) is 0.915. The van der Waals surface area contributed by atoms with Gasteiger partial charge >= 0.3 is 0 Å². The zero-order valence-corrected chi connectivity index (χ0v) is 9.71. The number of hydrogen-bond donors (Lipinski definition) is 1. The van der Waals surface area contributed by atoms with E-state index in [1.54, 1.807) is 17.5 Å². The molecule has 16 heavy (non-hydrogen) atoms. The van der Waals surface area contributed by atoms with Crippen LogP contribution in [0.2, 0.25) is 0 Å². The normalized spacial score (nSPS) is 11.1. The van der Waals surface area contributed by atoms with E-state index in [0.717, 1.165) is 23.4 Å². The number of imidazole rings is 1. The number of nitrogens with one attached hydrogen (secondary N) is 1. The fourth-order valence-corrected chi connectivity index (χ4v) is 2.55. The average molecular weight is 229 g/mol. The molecule has 3 aromatic rings. The topological polar surface area (TPSA) is 41.6 Å². The number of hydrogen-bond acceptors (Lipinski definition) is 3. The van der Waals surface area contributed by atoms with Crippen LogP contribution < -0.4 is 0 Å². The SMILES string of the molecule is CCc1ccc(-c2nc3ncccc3[nH]2)s1. The van der Waals surface area contributed by atoms with Crippen LogP contribution in [0.25, 0.3) is 21.9 Å². The van der Waals surface area contributed by atoms with Gasteiger partial charge in [-0.15, -0.1) is 11.3 Å². The van der Waals surface area contributed by atoms with Crippen molar-refractivity contribution in [3.8, 4) is 10.7 Å². The van der Waals surface area contributed by atoms with E-state index in [2.05, 4.69) is 34.0 Å². The molecule has 3 heterocycles. The van der Waals surface area contributed by atoms with E-state index in [1.807, 2.05) is 12.1 Å². The highest BCUT2D eigenvalue weighted by Crippen LogP contribution is 2.27. The fourth-order valence-electron chi connectivity index (χ4n) is 1.66. The first-order valence-electron chi connectivity index (χ1n) is 5.26. The summed E-state index contributed by atoms with van der Waals surface area (Å²) in [5.41, 5.74) is 1.77. The molecule has 0 aliphatic rings. The Morgan fingerprint density at radius 3 is 3.00 bits per heavy atom. The maximum absolute atomic E-state index is 4.47. The van der Waals surface area contributed by atoms with E-state index < -0.39 is 0 Å². The lowest BCUT2D eigenvalue weighted by molar-refractivity contribution is 1.19. The molecule has 4 heteroatoms. The minimum Gasteiger partial charge on any atom is -0.336 e. The summed E-state index contributed by atoms with van der Waals surface area (Å²) in [4.78, 5) is 14.5. The maximum Gasteiger partial charge on any atom is 0.178 e. The van der Waals surface area contributed by atoms with Gasteiger partial charge in [-0.2, -0.15) is 0 Å². The zero-order valence-electron chi connectivity index (χ0n) is 8.90. The van der Waals surface area contributed by atoms with Crippen LogP contribution in [0.4, 0.5) is 0 Å². The minimum absolute atomic E-state index is 0.781. The second-order valence-electron chi connectivity index (χ2n) is 3.58. The molecule has 0 aliphatic carbocycles. The first-order valence-corrected chi connectivity index (χ1v) is 6.08. The predicted octanol–water partition coefficient (Wildman–Crippen LogP) is 3.25. The average Bonchev–Trinajstić information content (AvgIpc) is 2.95. The van der Waals surface area contributed by atoms with Crippen molar-refractivity contribution in [1.82, 2.24) is 15.0 Å². The molecule has 0 radical (unpaired) electrons. The summed E-state index contributed by atoms with van der Waals surface area (Å²) < 4.78 is 0. The summed E-state index contributed by atoms with van der Waals surface area (Å²) >= 11 is 1.78. The lowest BCUT2D eigenvalue weighted by atomic mass is 10.3. The highest BCUT2D eigenvalue weighted by atomic mass is 32.1. The summed E-state index contributed by atoms with van der Waals surface area (Å²) in [5, 5.41) is 0. The Kier molecular flexibility index (Phi) is 2.22. The molecule has 0 aliphatic heterocycles. The molecule has 0 fully saturated rings. The molecule has 3 rings (SSSR count). The molecule has 3 nitrogen and oxygen atoms in total. The zero-order chi connectivity index (χ0) is 11.0. The Morgan fingerprint density at radius 2 is 2.25 bits per heavy atom. The first-order chi connectivity index (χ1) is 7.86. The monoisotopic (exact) mass is 229 g/mol. The fraction of sp³-hybridized carbons (Fsp3) is 0.167. The lowest BCUT2D eigenvalue weighted by Crippen LogP contribution is -1.73. The Labute approximate surface area is 97.2 Å². The van der Waals surface area contributed by atoms with Crippen molar-refractivity contribution in [1.29, 1.82) is 0 Å². The van der Waals surface area contributed by atoms with Crippen LogP contribution in [0, 0.1) is 0 Å². The number of aromatic nitrogens is 3. The quantitative estimate of drug-likeness (QED) is 0.733. The molecule has 0 saturated heterocycles. The van der Waals surface area contributed by atoms with E-state index in [4.69, 9.17) is 0 Å². The second-order valence-corrected chi connectivity index (χ2v) is 4.75. The van der Waals surface area contributed by atoms with E-state index >= 15 is 0 Å². The Balaban J connectivity index is 2.11. The number of aryl methyl sites for hydroxylation is 1. The van der Waals surface area contributed by atoms with Crippen molar-refractivity contribution in [2.45, 2.75) is 13.3 Å². The van der Waals surface area contributed by atoms with Crippen molar-refractivity contribution in [3.63, 3.8) is 0 Å². The molecule has 0 atom stereocenters. The summed E-state index contributed by atoms with van der Waals surface area (Å²) in [6.45, 7) is 2.16. The Bertz CT molecular complexity index is 591. The van der Waals surface area contributed by atoms with Gasteiger partial charge in [0.2, 0.25) is 0 Å². The third-order valence-corrected chi connectivity index (χ3v) is 3.74. The van der Waals surface area contributed by atoms with Crippen molar-refractivity contribution >= 4 is 22.5 Å². The number of H-pyrrole nitrogens is 1. The predicted molar refractivity (Wildman–Crippen MR) is 66.6 cm³/mol. The largest absolute Gasteiger partial charge is 0.336 e. The van der Waals surface area contributed by atoms with Gasteiger partial charge in [-0.05, 0) is 30.7 Å². The number of aromatic amines is 1. The van der Waals surface area contributed by atoms with Gasteiger partial charge in [0.25, 0.3) is 0 Å². The number of pyridine rings is 1. The highest BCUT2D eigenvalue weighted by Gasteiger charge is 2.07. The smallest absolute Gasteiger partial charge is 0.178 e. The number of nitrogens with zero attached hydrogens (tertiary/aromatic N) is 2. The van der Waals surface area contributed by atoms with Crippen LogP contribution >= 0.6 is 11.3 Å². The number of thiophene rings is 1. The molecule has 0 amide bonds. The van der Waals surface area contributed by atoms with Crippen molar-refractivity contribution in [2.24, 2.45) is 0 Å². The molecular weight excluding hydrogens is 218 g/mol. The third-order valence-electron chi connectivity index (χ3n) is 2.50. The van der Waals surface area contributed by atoms with E-state index in [0.29, 0.717) is 0 Å². The standard InChI is InChI=1S/C12H11N3S/c1-2-8-5-6-10(16-8)12-14-9-4-3-7-13-11(9)15-12/h3-7H,2H2,1H3,(H,13,14,15). The van der Waals surface area contributed by atoms with Crippen LogP contribution in [0.3, 0.4) is 0 Å². The van der Waals surface area contributed by atoms with Gasteiger partial charge in [0.15, 0.2) is 11.5 Å². The molecule has 3 aromatic heterocycles. The molecular formula is C12H11N3S. The van der Waals surface area contributed by atoms with Gasteiger partial charge in [0.05, 0.1) is 10.4 Å². The van der Waals surface area contributed by atoms with E-state index in [-0.39, 0.29) is 0 Å². The maximum atomic E-state index is 4.47. The molecule has 0 spiro atoms. The first kappa shape index (κ1) is 9.54. The van der Waals surface area contributed by atoms with Crippen molar-refractivity contribution in [2.75, 3.05) is 0 Å². The van der Waals surface area contributed by atoms with Crippen LogP contribution in [-0.4, -0.2) is 15.0 Å². The van der Waals surface area contributed by atoms with Crippen LogP contribution in [0.5, 0.6) is 0 Å². The number of fused-ring (bicyclic) bond motifs is 1. The van der Waals surface area contributed by atoms with Crippen molar-refractivity contribution < 1.29 is 0 Å². The van der Waals surface area contributed by atoms with Gasteiger partial charge < -0.3 is 4.98 Å². The Morgan fingerprint density at radius 1 is 1.31 bits per heavy atom. The molecule has 0 unspecified atom stereocenters. The van der Waals surface area contributed by atoms with Crippen LogP contribution in [-0.2, 0) is 6.42 Å². The molecule has 0 bridgehead atoms. The molecule has 1 N–H and O–H groups in total. The van der Waals surface area contributed by atoms with Gasteiger partial charge in [-0.1, -0.05) is 6.92 Å². The highest BCUT2D eigenvalue weighted by molar-refractivity contribution is 7.15. The summed E-state index contributed by atoms with van der Waals surface area (Å²) in [7, 11) is 0.